The van der Waals surface area contributed by atoms with Crippen molar-refractivity contribution in [3.8, 4) is 0 Å². The maximum absolute atomic E-state index is 4.39. The van der Waals surface area contributed by atoms with E-state index >= 15 is 0 Å². The maximum atomic E-state index is 4.39. The lowest BCUT2D eigenvalue weighted by Crippen LogP contribution is -3.00. The number of halogens is 1. The maximum Gasteiger partial charge on any atom is 0.258 e. The van der Waals surface area contributed by atoms with Gasteiger partial charge in [-0.05, 0) is 31.2 Å². The molecule has 0 aliphatic heterocycles. The SMILES string of the molecule is CC(Cc1[nH]c2ccccc2[nH+]1)=NNc1ccccc1.[Cl-]. The van der Waals surface area contributed by atoms with E-state index in [0.717, 1.165) is 34.7 Å². The van der Waals surface area contributed by atoms with Crippen LogP contribution in [0.2, 0.25) is 0 Å². The highest BCUT2D eigenvalue weighted by Crippen LogP contribution is 2.07. The molecule has 5 heteroatoms. The van der Waals surface area contributed by atoms with Gasteiger partial charge in [-0.2, -0.15) is 5.10 Å². The van der Waals surface area contributed by atoms with E-state index < -0.39 is 0 Å². The number of hydrogen-bond acceptors (Lipinski definition) is 2. The monoisotopic (exact) mass is 300 g/mol. The molecule has 3 N–H and O–H groups in total. The first kappa shape index (κ1) is 15.1. The lowest BCUT2D eigenvalue weighted by molar-refractivity contribution is -0.356. The van der Waals surface area contributed by atoms with Gasteiger partial charge in [-0.15, -0.1) is 0 Å². The fourth-order valence-corrected chi connectivity index (χ4v) is 2.11. The number of nitrogens with zero attached hydrogens (tertiary/aromatic N) is 1. The van der Waals surface area contributed by atoms with Gasteiger partial charge in [0.05, 0.1) is 12.1 Å². The molecule has 4 nitrogen and oxygen atoms in total. The van der Waals surface area contributed by atoms with Crippen molar-refractivity contribution in [2.24, 2.45) is 5.10 Å². The van der Waals surface area contributed by atoms with Crippen LogP contribution in [0.15, 0.2) is 59.7 Å². The second kappa shape index (κ2) is 6.90. The third kappa shape index (κ3) is 3.83. The molecule has 0 unspecified atom stereocenters. The third-order valence-corrected chi connectivity index (χ3v) is 3.08. The minimum Gasteiger partial charge on any atom is -1.00 e. The Balaban J connectivity index is 0.00000161. The van der Waals surface area contributed by atoms with E-state index in [1.807, 2.05) is 49.4 Å². The Labute approximate surface area is 129 Å². The summed E-state index contributed by atoms with van der Waals surface area (Å²) < 4.78 is 0. The van der Waals surface area contributed by atoms with Crippen molar-refractivity contribution >= 4 is 22.4 Å². The van der Waals surface area contributed by atoms with E-state index in [1.54, 1.807) is 0 Å². The summed E-state index contributed by atoms with van der Waals surface area (Å²) in [5.41, 5.74) is 7.30. The number of hydrazone groups is 1. The summed E-state index contributed by atoms with van der Waals surface area (Å²) in [5.74, 6) is 1.06. The molecule has 0 atom stereocenters. The molecule has 0 bridgehead atoms. The number of imidazole rings is 1. The number of anilines is 1. The number of fused-ring (bicyclic) bond motifs is 1. The summed E-state index contributed by atoms with van der Waals surface area (Å²) in [6, 6.07) is 18.1. The Kier molecular flexibility index (Phi) is 4.95. The summed E-state index contributed by atoms with van der Waals surface area (Å²) in [5, 5.41) is 4.39. The first-order valence-electron chi connectivity index (χ1n) is 6.64. The standard InChI is InChI=1S/C16H16N4.ClH/c1-12(19-20-13-7-3-2-4-8-13)11-16-17-14-9-5-6-10-15(14)18-16;/h2-10,20H,11H2,1H3,(H,17,18);1H. The lowest BCUT2D eigenvalue weighted by atomic mass is 10.3. The van der Waals surface area contributed by atoms with Gasteiger partial charge in [0, 0.05) is 5.71 Å². The minimum absolute atomic E-state index is 0. The summed E-state index contributed by atoms with van der Waals surface area (Å²) >= 11 is 0. The molecule has 1 aromatic heterocycles. The average molecular weight is 301 g/mol. The zero-order valence-corrected chi connectivity index (χ0v) is 12.5. The van der Waals surface area contributed by atoms with Crippen molar-refractivity contribution in [3.05, 3.63) is 60.4 Å². The van der Waals surface area contributed by atoms with Crippen LogP contribution in [-0.4, -0.2) is 10.7 Å². The predicted octanol–water partition coefficient (Wildman–Crippen LogP) is 0.0165. The number of rotatable bonds is 4. The number of hydrogen-bond donors (Lipinski definition) is 2. The molecule has 2 aromatic carbocycles. The van der Waals surface area contributed by atoms with Crippen LogP contribution < -0.4 is 22.8 Å². The Hall–Kier alpha value is -2.33. The number of H-pyrrole nitrogens is 2. The van der Waals surface area contributed by atoms with Gasteiger partial charge in [-0.1, -0.05) is 30.3 Å². The molecule has 0 radical (unpaired) electrons. The molecule has 108 valence electrons. The van der Waals surface area contributed by atoms with Crippen LogP contribution in [0.25, 0.3) is 11.0 Å². The number of para-hydroxylation sites is 3. The molecular weight excluding hydrogens is 284 g/mol. The van der Waals surface area contributed by atoms with Gasteiger partial charge in [-0.3, -0.25) is 5.43 Å². The Morgan fingerprint density at radius 2 is 1.81 bits per heavy atom. The van der Waals surface area contributed by atoms with E-state index in [4.69, 9.17) is 0 Å². The van der Waals surface area contributed by atoms with Gasteiger partial charge in [0.2, 0.25) is 0 Å². The molecule has 1 heterocycles. The van der Waals surface area contributed by atoms with Gasteiger partial charge in [0.1, 0.15) is 0 Å². The average Bonchev–Trinajstić information content (AvgIpc) is 2.88. The molecule has 3 rings (SSSR count). The van der Waals surface area contributed by atoms with Gasteiger partial charge in [-0.25, -0.2) is 9.97 Å². The topological polar surface area (TPSA) is 54.3 Å². The van der Waals surface area contributed by atoms with Gasteiger partial charge >= 0.3 is 0 Å². The minimum atomic E-state index is 0. The molecule has 21 heavy (non-hydrogen) atoms. The molecule has 3 aromatic rings. The molecule has 0 spiro atoms. The zero-order valence-electron chi connectivity index (χ0n) is 11.7. The highest BCUT2D eigenvalue weighted by atomic mass is 35.5. The van der Waals surface area contributed by atoms with E-state index in [-0.39, 0.29) is 12.4 Å². The van der Waals surface area contributed by atoms with Crippen molar-refractivity contribution in [1.29, 1.82) is 0 Å². The first-order chi connectivity index (χ1) is 9.81. The lowest BCUT2D eigenvalue weighted by Gasteiger charge is -2.00. The Morgan fingerprint density at radius 3 is 2.57 bits per heavy atom. The predicted molar refractivity (Wildman–Crippen MR) is 81.7 cm³/mol. The number of aromatic amines is 2. The van der Waals surface area contributed by atoms with Crippen molar-refractivity contribution in [2.45, 2.75) is 13.3 Å². The summed E-state index contributed by atoms with van der Waals surface area (Å²) in [6.07, 6.45) is 0.758. The molecule has 0 saturated carbocycles. The fraction of sp³-hybridized carbons (Fsp3) is 0.125. The number of benzene rings is 2. The van der Waals surface area contributed by atoms with Crippen molar-refractivity contribution < 1.29 is 17.4 Å². The molecule has 0 aliphatic rings. The summed E-state index contributed by atoms with van der Waals surface area (Å²) in [7, 11) is 0. The normalized spacial score (nSPS) is 11.2. The largest absolute Gasteiger partial charge is 1.00 e. The third-order valence-electron chi connectivity index (χ3n) is 3.08. The number of nitrogens with one attached hydrogen (secondary N) is 3. The van der Waals surface area contributed by atoms with E-state index in [9.17, 15) is 0 Å². The van der Waals surface area contributed by atoms with Gasteiger partial charge in [0.25, 0.3) is 5.82 Å². The first-order valence-corrected chi connectivity index (χ1v) is 6.64. The van der Waals surface area contributed by atoms with Gasteiger partial charge < -0.3 is 12.4 Å². The van der Waals surface area contributed by atoms with Crippen molar-refractivity contribution in [1.82, 2.24) is 4.98 Å². The van der Waals surface area contributed by atoms with Gasteiger partial charge in [0.15, 0.2) is 11.0 Å². The number of aromatic nitrogens is 2. The van der Waals surface area contributed by atoms with Crippen LogP contribution in [0.3, 0.4) is 0 Å². The highest BCUT2D eigenvalue weighted by molar-refractivity contribution is 5.84. The van der Waals surface area contributed by atoms with Crippen LogP contribution in [-0.2, 0) is 6.42 Å². The van der Waals surface area contributed by atoms with Crippen LogP contribution >= 0.6 is 0 Å². The molecule has 0 saturated heterocycles. The van der Waals surface area contributed by atoms with Crippen LogP contribution in [0.4, 0.5) is 5.69 Å². The van der Waals surface area contributed by atoms with Crippen molar-refractivity contribution in [3.63, 3.8) is 0 Å². The second-order valence-electron chi connectivity index (χ2n) is 4.78. The second-order valence-corrected chi connectivity index (χ2v) is 4.78. The van der Waals surface area contributed by atoms with Crippen molar-refractivity contribution in [2.75, 3.05) is 5.43 Å². The van der Waals surface area contributed by atoms with Crippen LogP contribution in [0.1, 0.15) is 12.7 Å². The molecule has 0 amide bonds. The van der Waals surface area contributed by atoms with E-state index in [2.05, 4.69) is 32.6 Å². The highest BCUT2D eigenvalue weighted by Gasteiger charge is 2.09. The molecule has 0 fully saturated rings. The Morgan fingerprint density at radius 1 is 1.10 bits per heavy atom. The zero-order chi connectivity index (χ0) is 13.8. The summed E-state index contributed by atoms with van der Waals surface area (Å²) in [4.78, 5) is 6.72. The van der Waals surface area contributed by atoms with E-state index in [1.165, 1.54) is 0 Å². The van der Waals surface area contributed by atoms with E-state index in [0.29, 0.717) is 0 Å². The molecular formula is C16H17ClN4. The van der Waals surface area contributed by atoms with Crippen LogP contribution in [0, 0.1) is 0 Å². The molecule has 0 aliphatic carbocycles. The summed E-state index contributed by atoms with van der Waals surface area (Å²) in [6.45, 7) is 2.01. The Bertz CT molecular complexity index is 701. The van der Waals surface area contributed by atoms with Crippen LogP contribution in [0.5, 0.6) is 0 Å². The quantitative estimate of drug-likeness (QED) is 0.518. The fourth-order valence-electron chi connectivity index (χ4n) is 2.11. The smallest absolute Gasteiger partial charge is 0.258 e.